The summed E-state index contributed by atoms with van der Waals surface area (Å²) in [4.78, 5) is 10.5. The average molecular weight is 533 g/mol. The van der Waals surface area contributed by atoms with Crippen molar-refractivity contribution in [3.63, 3.8) is 0 Å². The van der Waals surface area contributed by atoms with Gasteiger partial charge in [0.25, 0.3) is 0 Å². The number of allylic oxidation sites excluding steroid dienone is 4. The van der Waals surface area contributed by atoms with Crippen molar-refractivity contribution in [3.8, 4) is 0 Å². The van der Waals surface area contributed by atoms with Crippen molar-refractivity contribution in [3.05, 3.63) is 24.3 Å². The molecule has 2 heteroatoms. The summed E-state index contributed by atoms with van der Waals surface area (Å²) < 4.78 is 0. The number of hydrogen-bond donors (Lipinski definition) is 1. The first-order valence-corrected chi connectivity index (χ1v) is 17.2. The SMILES string of the molecule is CCCCCCCC/C=C\CC(CCCCCC)CCCCCCCC/C=C\CCCCCCCC(=O)O. The summed E-state index contributed by atoms with van der Waals surface area (Å²) in [6.07, 6.45) is 46.0. The third-order valence-electron chi connectivity index (χ3n) is 7.99. The van der Waals surface area contributed by atoms with Gasteiger partial charge in [-0.1, -0.05) is 160 Å². The van der Waals surface area contributed by atoms with Crippen LogP contribution in [0.2, 0.25) is 0 Å². The van der Waals surface area contributed by atoms with E-state index in [1.165, 1.54) is 161 Å². The molecule has 0 aromatic carbocycles. The molecule has 0 aliphatic rings. The number of carboxylic acid groups (broad SMARTS) is 1. The highest BCUT2D eigenvalue weighted by Gasteiger charge is 2.07. The van der Waals surface area contributed by atoms with Crippen LogP contribution in [0, 0.1) is 5.92 Å². The van der Waals surface area contributed by atoms with Gasteiger partial charge < -0.3 is 5.11 Å². The lowest BCUT2D eigenvalue weighted by molar-refractivity contribution is -0.137. The minimum absolute atomic E-state index is 0.330. The fraction of sp³-hybridized carbons (Fsp3) is 0.861. The number of carboxylic acids is 1. The Hall–Kier alpha value is -1.05. The summed E-state index contributed by atoms with van der Waals surface area (Å²) in [6.45, 7) is 4.61. The molecule has 0 bridgehead atoms. The molecule has 38 heavy (non-hydrogen) atoms. The minimum atomic E-state index is -0.660. The van der Waals surface area contributed by atoms with E-state index in [-0.39, 0.29) is 0 Å². The molecule has 0 saturated heterocycles. The minimum Gasteiger partial charge on any atom is -0.481 e. The Morgan fingerprint density at radius 3 is 1.34 bits per heavy atom. The highest BCUT2D eigenvalue weighted by atomic mass is 16.4. The van der Waals surface area contributed by atoms with Crippen LogP contribution in [-0.2, 0) is 4.79 Å². The second-order valence-corrected chi connectivity index (χ2v) is 11.8. The lowest BCUT2D eigenvalue weighted by Crippen LogP contribution is -2.00. The normalized spacial score (nSPS) is 12.7. The molecule has 0 aliphatic heterocycles. The van der Waals surface area contributed by atoms with E-state index in [9.17, 15) is 4.79 Å². The summed E-state index contributed by atoms with van der Waals surface area (Å²) in [5, 5.41) is 8.64. The Bertz CT molecular complexity index is 521. The summed E-state index contributed by atoms with van der Waals surface area (Å²) in [5.74, 6) is 0.259. The van der Waals surface area contributed by atoms with Crippen molar-refractivity contribution in [2.75, 3.05) is 0 Å². The molecule has 1 atom stereocenters. The van der Waals surface area contributed by atoms with E-state index in [0.29, 0.717) is 6.42 Å². The molecule has 224 valence electrons. The van der Waals surface area contributed by atoms with Gasteiger partial charge in [-0.3, -0.25) is 4.79 Å². The lowest BCUT2D eigenvalue weighted by Gasteiger charge is -2.15. The van der Waals surface area contributed by atoms with E-state index in [2.05, 4.69) is 38.2 Å². The van der Waals surface area contributed by atoms with Gasteiger partial charge in [0.05, 0.1) is 0 Å². The van der Waals surface area contributed by atoms with Crippen LogP contribution in [0.4, 0.5) is 0 Å². The van der Waals surface area contributed by atoms with Gasteiger partial charge in [0, 0.05) is 6.42 Å². The summed E-state index contributed by atoms with van der Waals surface area (Å²) in [5.41, 5.74) is 0. The number of unbranched alkanes of at least 4 members (excludes halogenated alkanes) is 20. The maximum absolute atomic E-state index is 10.5. The first-order valence-electron chi connectivity index (χ1n) is 17.2. The van der Waals surface area contributed by atoms with Crippen molar-refractivity contribution >= 4 is 5.97 Å². The topological polar surface area (TPSA) is 37.3 Å². The molecule has 0 aromatic heterocycles. The monoisotopic (exact) mass is 533 g/mol. The molecular weight excluding hydrogens is 464 g/mol. The molecule has 2 nitrogen and oxygen atoms in total. The van der Waals surface area contributed by atoms with Crippen molar-refractivity contribution in [2.45, 2.75) is 194 Å². The van der Waals surface area contributed by atoms with E-state index in [1.807, 2.05) is 0 Å². The number of aliphatic carboxylic acids is 1. The molecule has 0 fully saturated rings. The molecule has 0 heterocycles. The standard InChI is InChI=1S/C36H68O2/c1-3-5-7-9-10-18-21-24-28-32-35(31-27-8-6-4-2)33-29-25-22-19-16-14-12-11-13-15-17-20-23-26-30-34-36(37)38/h11,13,24,28,35H,3-10,12,14-23,25-27,29-34H2,1-2H3,(H,37,38)/b13-11-,28-24-. The first kappa shape index (κ1) is 37.0. The molecule has 0 radical (unpaired) electrons. The molecule has 1 unspecified atom stereocenters. The Balaban J connectivity index is 3.71. The summed E-state index contributed by atoms with van der Waals surface area (Å²) in [6, 6.07) is 0. The number of hydrogen-bond acceptors (Lipinski definition) is 1. The van der Waals surface area contributed by atoms with Crippen molar-refractivity contribution in [1.82, 2.24) is 0 Å². The van der Waals surface area contributed by atoms with Gasteiger partial charge in [-0.05, 0) is 57.3 Å². The Kier molecular flexibility index (Phi) is 31.3. The van der Waals surface area contributed by atoms with Gasteiger partial charge in [-0.15, -0.1) is 0 Å². The third kappa shape index (κ3) is 31.2. The van der Waals surface area contributed by atoms with Crippen LogP contribution in [0.25, 0.3) is 0 Å². The van der Waals surface area contributed by atoms with Crippen molar-refractivity contribution < 1.29 is 9.90 Å². The highest BCUT2D eigenvalue weighted by molar-refractivity contribution is 5.66. The quantitative estimate of drug-likeness (QED) is 0.0712. The van der Waals surface area contributed by atoms with E-state index < -0.39 is 5.97 Å². The zero-order chi connectivity index (χ0) is 27.8. The van der Waals surface area contributed by atoms with E-state index in [0.717, 1.165) is 18.8 Å². The summed E-state index contributed by atoms with van der Waals surface area (Å²) >= 11 is 0. The molecule has 0 rings (SSSR count). The molecular formula is C36H68O2. The smallest absolute Gasteiger partial charge is 0.303 e. The number of carbonyl (C=O) groups is 1. The molecule has 0 spiro atoms. The number of rotatable bonds is 31. The first-order chi connectivity index (χ1) is 18.7. The molecule has 0 aromatic rings. The average Bonchev–Trinajstić information content (AvgIpc) is 2.91. The fourth-order valence-electron chi connectivity index (χ4n) is 5.40. The van der Waals surface area contributed by atoms with Crippen LogP contribution in [-0.4, -0.2) is 11.1 Å². The largest absolute Gasteiger partial charge is 0.481 e. The Morgan fingerprint density at radius 2 is 0.868 bits per heavy atom. The molecule has 1 N–H and O–H groups in total. The second-order valence-electron chi connectivity index (χ2n) is 11.8. The molecule has 0 aliphatic carbocycles. The van der Waals surface area contributed by atoms with Crippen LogP contribution < -0.4 is 0 Å². The predicted molar refractivity (Wildman–Crippen MR) is 170 cm³/mol. The van der Waals surface area contributed by atoms with Crippen LogP contribution in [0.5, 0.6) is 0 Å². The third-order valence-corrected chi connectivity index (χ3v) is 7.99. The zero-order valence-electron chi connectivity index (χ0n) is 26.0. The van der Waals surface area contributed by atoms with E-state index in [4.69, 9.17) is 5.11 Å². The van der Waals surface area contributed by atoms with Crippen molar-refractivity contribution in [2.24, 2.45) is 5.92 Å². The van der Waals surface area contributed by atoms with Gasteiger partial charge in [0.1, 0.15) is 0 Å². The Morgan fingerprint density at radius 1 is 0.500 bits per heavy atom. The lowest BCUT2D eigenvalue weighted by atomic mass is 9.91. The molecule has 0 saturated carbocycles. The zero-order valence-corrected chi connectivity index (χ0v) is 26.0. The van der Waals surface area contributed by atoms with E-state index >= 15 is 0 Å². The van der Waals surface area contributed by atoms with Crippen LogP contribution >= 0.6 is 0 Å². The Labute approximate surface area is 239 Å². The van der Waals surface area contributed by atoms with Crippen molar-refractivity contribution in [1.29, 1.82) is 0 Å². The van der Waals surface area contributed by atoms with Gasteiger partial charge in [0.15, 0.2) is 0 Å². The fourth-order valence-corrected chi connectivity index (χ4v) is 5.40. The summed E-state index contributed by atoms with van der Waals surface area (Å²) in [7, 11) is 0. The van der Waals surface area contributed by atoms with Gasteiger partial charge in [0.2, 0.25) is 0 Å². The van der Waals surface area contributed by atoms with Crippen LogP contribution in [0.3, 0.4) is 0 Å². The maximum atomic E-state index is 10.5. The van der Waals surface area contributed by atoms with Gasteiger partial charge >= 0.3 is 5.97 Å². The molecule has 0 amide bonds. The second kappa shape index (κ2) is 32.2. The van der Waals surface area contributed by atoms with E-state index in [1.54, 1.807) is 0 Å². The highest BCUT2D eigenvalue weighted by Crippen LogP contribution is 2.23. The van der Waals surface area contributed by atoms with Crippen LogP contribution in [0.15, 0.2) is 24.3 Å². The van der Waals surface area contributed by atoms with Gasteiger partial charge in [-0.2, -0.15) is 0 Å². The van der Waals surface area contributed by atoms with Crippen LogP contribution in [0.1, 0.15) is 194 Å². The van der Waals surface area contributed by atoms with Gasteiger partial charge in [-0.25, -0.2) is 0 Å². The predicted octanol–water partition coefficient (Wildman–Crippen LogP) is 12.8. The maximum Gasteiger partial charge on any atom is 0.303 e.